The van der Waals surface area contributed by atoms with Crippen LogP contribution in [-0.2, 0) is 14.6 Å². The maximum absolute atomic E-state index is 12.4. The third-order valence-electron chi connectivity index (χ3n) is 3.74. The van der Waals surface area contributed by atoms with E-state index in [1.165, 1.54) is 11.2 Å². The number of nitrogens with zero attached hydrogens (tertiary/aromatic N) is 1. The van der Waals surface area contributed by atoms with Crippen molar-refractivity contribution in [3.8, 4) is 0 Å². The number of amides is 2. The molecule has 0 aromatic carbocycles. The molecule has 1 aromatic rings. The molecule has 0 bridgehead atoms. The number of sulfone groups is 1. The normalized spacial score (nSPS) is 20.1. The summed E-state index contributed by atoms with van der Waals surface area (Å²) in [4.78, 5) is 26.4. The molecule has 0 aliphatic carbocycles. The molecule has 1 aromatic heterocycles. The molecule has 2 amide bonds. The van der Waals surface area contributed by atoms with E-state index in [1.54, 1.807) is 19.1 Å². The van der Waals surface area contributed by atoms with Crippen molar-refractivity contribution in [2.45, 2.75) is 38.3 Å². The van der Waals surface area contributed by atoms with E-state index in [9.17, 15) is 18.0 Å². The zero-order valence-corrected chi connectivity index (χ0v) is 14.1. The quantitative estimate of drug-likeness (QED) is 0.855. The zero-order valence-electron chi connectivity index (χ0n) is 13.3. The summed E-state index contributed by atoms with van der Waals surface area (Å²) < 4.78 is 27.7. The van der Waals surface area contributed by atoms with Gasteiger partial charge in [0.1, 0.15) is 15.9 Å². The largest absolute Gasteiger partial charge is 0.459 e. The minimum atomic E-state index is -3.18. The first-order valence-electron chi connectivity index (χ1n) is 7.60. The first-order valence-corrected chi connectivity index (χ1v) is 9.66. The summed E-state index contributed by atoms with van der Waals surface area (Å²) in [6, 6.07) is 2.10. The number of hydrogen-bond donors (Lipinski definition) is 1. The second-order valence-electron chi connectivity index (χ2n) is 5.99. The van der Waals surface area contributed by atoms with Gasteiger partial charge < -0.3 is 14.6 Å². The molecule has 0 spiro atoms. The maximum Gasteiger partial charge on any atom is 0.290 e. The number of furan rings is 1. The van der Waals surface area contributed by atoms with E-state index in [1.807, 2.05) is 0 Å². The summed E-state index contributed by atoms with van der Waals surface area (Å²) in [5.41, 5.74) is 0. The van der Waals surface area contributed by atoms with E-state index < -0.39 is 21.9 Å². The molecular formula is C15H22N2O5S. The van der Waals surface area contributed by atoms with Gasteiger partial charge in [0.15, 0.2) is 5.76 Å². The second-order valence-corrected chi connectivity index (χ2v) is 8.17. The van der Waals surface area contributed by atoms with Crippen LogP contribution in [0, 0.1) is 0 Å². The molecular weight excluding hydrogens is 320 g/mol. The molecule has 7 nitrogen and oxygen atoms in total. The number of piperidine rings is 1. The lowest BCUT2D eigenvalue weighted by Gasteiger charge is -2.34. The summed E-state index contributed by atoms with van der Waals surface area (Å²) in [6.07, 6.45) is 4.78. The van der Waals surface area contributed by atoms with Gasteiger partial charge in [-0.3, -0.25) is 9.59 Å². The Kier molecular flexibility index (Phi) is 5.46. The van der Waals surface area contributed by atoms with E-state index in [0.29, 0.717) is 13.0 Å². The van der Waals surface area contributed by atoms with E-state index in [2.05, 4.69) is 5.32 Å². The van der Waals surface area contributed by atoms with Gasteiger partial charge in [-0.1, -0.05) is 0 Å². The van der Waals surface area contributed by atoms with Crippen LogP contribution in [0.1, 0.15) is 36.7 Å². The van der Waals surface area contributed by atoms with Crippen LogP contribution in [0.3, 0.4) is 0 Å². The van der Waals surface area contributed by atoms with E-state index >= 15 is 0 Å². The highest BCUT2D eigenvalue weighted by Crippen LogP contribution is 2.20. The predicted molar refractivity (Wildman–Crippen MR) is 84.7 cm³/mol. The van der Waals surface area contributed by atoms with Crippen LogP contribution in [0.15, 0.2) is 22.8 Å². The van der Waals surface area contributed by atoms with Gasteiger partial charge in [-0.15, -0.1) is 0 Å². The number of hydrogen-bond acceptors (Lipinski definition) is 5. The Morgan fingerprint density at radius 3 is 2.78 bits per heavy atom. The average molecular weight is 342 g/mol. The van der Waals surface area contributed by atoms with Crippen molar-refractivity contribution in [1.29, 1.82) is 0 Å². The lowest BCUT2D eigenvalue weighted by Crippen LogP contribution is -2.54. The van der Waals surface area contributed by atoms with Crippen molar-refractivity contribution in [2.24, 2.45) is 0 Å². The van der Waals surface area contributed by atoms with E-state index in [-0.39, 0.29) is 23.3 Å². The Morgan fingerprint density at radius 2 is 2.17 bits per heavy atom. The Labute approximate surface area is 135 Å². The molecule has 0 radical (unpaired) electrons. The molecule has 1 aliphatic rings. The standard InChI is InChI=1S/C15H22N2O5S/c1-11(10-23(2,20)21)16-14(18)12-6-3-4-8-17(12)15(19)13-7-5-9-22-13/h5,7,9,11-12H,3-4,6,8,10H2,1-2H3,(H,16,18). The van der Waals surface area contributed by atoms with Gasteiger partial charge in [0.05, 0.1) is 12.0 Å². The maximum atomic E-state index is 12.4. The molecule has 1 aliphatic heterocycles. The van der Waals surface area contributed by atoms with Gasteiger partial charge in [-0.25, -0.2) is 8.42 Å². The zero-order chi connectivity index (χ0) is 17.0. The third-order valence-corrected chi connectivity index (χ3v) is 4.85. The summed E-state index contributed by atoms with van der Waals surface area (Å²) in [5, 5.41) is 2.69. The number of carbonyl (C=O) groups is 2. The van der Waals surface area contributed by atoms with E-state index in [4.69, 9.17) is 4.42 Å². The average Bonchev–Trinajstić information content (AvgIpc) is 2.98. The minimum absolute atomic E-state index is 0.127. The Balaban J connectivity index is 2.05. The summed E-state index contributed by atoms with van der Waals surface area (Å²) in [6.45, 7) is 2.12. The first-order chi connectivity index (χ1) is 10.8. The fourth-order valence-corrected chi connectivity index (χ4v) is 3.82. The van der Waals surface area contributed by atoms with Crippen LogP contribution < -0.4 is 5.32 Å². The highest BCUT2D eigenvalue weighted by Gasteiger charge is 2.34. The summed E-state index contributed by atoms with van der Waals surface area (Å²) >= 11 is 0. The van der Waals surface area contributed by atoms with Crippen LogP contribution in [0.2, 0.25) is 0 Å². The van der Waals surface area contributed by atoms with Crippen LogP contribution in [0.4, 0.5) is 0 Å². The second kappa shape index (κ2) is 7.16. The Hall–Kier alpha value is -1.83. The molecule has 2 unspecified atom stereocenters. The van der Waals surface area contributed by atoms with Crippen LogP contribution in [-0.4, -0.2) is 55.8 Å². The SMILES string of the molecule is CC(CS(C)(=O)=O)NC(=O)C1CCCCN1C(=O)c1ccco1. The van der Waals surface area contributed by atoms with Crippen molar-refractivity contribution < 1.29 is 22.4 Å². The fraction of sp³-hybridized carbons (Fsp3) is 0.600. The molecule has 8 heteroatoms. The molecule has 0 saturated carbocycles. The number of likely N-dealkylation sites (tertiary alicyclic amines) is 1. The van der Waals surface area contributed by atoms with Crippen LogP contribution in [0.5, 0.6) is 0 Å². The lowest BCUT2D eigenvalue weighted by molar-refractivity contribution is -0.127. The molecule has 1 fully saturated rings. The molecule has 2 atom stereocenters. The van der Waals surface area contributed by atoms with Crippen molar-refractivity contribution >= 4 is 21.7 Å². The molecule has 23 heavy (non-hydrogen) atoms. The molecule has 2 rings (SSSR count). The minimum Gasteiger partial charge on any atom is -0.459 e. The van der Waals surface area contributed by atoms with Crippen molar-refractivity contribution in [1.82, 2.24) is 10.2 Å². The Morgan fingerprint density at radius 1 is 1.43 bits per heavy atom. The Bertz CT molecular complexity index is 653. The van der Waals surface area contributed by atoms with Gasteiger partial charge in [0, 0.05) is 18.8 Å². The molecule has 2 heterocycles. The van der Waals surface area contributed by atoms with Crippen molar-refractivity contribution in [3.63, 3.8) is 0 Å². The highest BCUT2D eigenvalue weighted by molar-refractivity contribution is 7.90. The number of carbonyl (C=O) groups excluding carboxylic acids is 2. The van der Waals surface area contributed by atoms with Crippen molar-refractivity contribution in [3.05, 3.63) is 24.2 Å². The third kappa shape index (κ3) is 4.82. The first kappa shape index (κ1) is 17.5. The highest BCUT2D eigenvalue weighted by atomic mass is 32.2. The van der Waals surface area contributed by atoms with Gasteiger partial charge in [-0.05, 0) is 38.3 Å². The van der Waals surface area contributed by atoms with Gasteiger partial charge in [0.2, 0.25) is 5.91 Å². The predicted octanol–water partition coefficient (Wildman–Crippen LogP) is 0.824. The van der Waals surface area contributed by atoms with Crippen LogP contribution >= 0.6 is 0 Å². The van der Waals surface area contributed by atoms with E-state index in [0.717, 1.165) is 19.1 Å². The topological polar surface area (TPSA) is 96.7 Å². The van der Waals surface area contributed by atoms with Gasteiger partial charge in [-0.2, -0.15) is 0 Å². The monoisotopic (exact) mass is 342 g/mol. The van der Waals surface area contributed by atoms with Gasteiger partial charge >= 0.3 is 0 Å². The smallest absolute Gasteiger partial charge is 0.290 e. The molecule has 128 valence electrons. The molecule has 1 saturated heterocycles. The summed E-state index contributed by atoms with van der Waals surface area (Å²) in [5.74, 6) is -0.558. The fourth-order valence-electron chi connectivity index (χ4n) is 2.82. The van der Waals surface area contributed by atoms with Gasteiger partial charge in [0.25, 0.3) is 5.91 Å². The summed E-state index contributed by atoms with van der Waals surface area (Å²) in [7, 11) is -3.18. The van der Waals surface area contributed by atoms with Crippen LogP contribution in [0.25, 0.3) is 0 Å². The molecule has 1 N–H and O–H groups in total. The lowest BCUT2D eigenvalue weighted by atomic mass is 10.0. The number of nitrogens with one attached hydrogen (secondary N) is 1. The van der Waals surface area contributed by atoms with Crippen molar-refractivity contribution in [2.75, 3.05) is 18.6 Å². The number of rotatable bonds is 5.